The number of fused-ring (bicyclic) bond motifs is 3. The van der Waals surface area contributed by atoms with Crippen LogP contribution in [0.25, 0.3) is 11.1 Å². The van der Waals surface area contributed by atoms with Crippen molar-refractivity contribution in [2.75, 3.05) is 0 Å². The number of phenols is 1. The molecule has 2 heteroatoms. The summed E-state index contributed by atoms with van der Waals surface area (Å²) in [5, 5.41) is 10.2. The van der Waals surface area contributed by atoms with E-state index in [2.05, 4.69) is 48.5 Å². The van der Waals surface area contributed by atoms with Gasteiger partial charge in [0.25, 0.3) is 0 Å². The summed E-state index contributed by atoms with van der Waals surface area (Å²) in [7, 11) is 0. The van der Waals surface area contributed by atoms with Gasteiger partial charge in [-0.25, -0.2) is 0 Å². The molecule has 3 aromatic rings. The van der Waals surface area contributed by atoms with Gasteiger partial charge in [0.05, 0.1) is 0 Å². The number of benzene rings is 3. The molecule has 0 atom stereocenters. The molecule has 0 unspecified atom stereocenters. The molecular weight excluding hydrogens is 282 g/mol. The molecule has 3 aromatic carbocycles. The Balaban J connectivity index is 1.80. The molecule has 1 N–H and O–H groups in total. The highest BCUT2D eigenvalue weighted by Crippen LogP contribution is 2.45. The molecule has 0 aliphatic heterocycles. The molecule has 0 heterocycles. The van der Waals surface area contributed by atoms with Crippen molar-refractivity contribution in [2.24, 2.45) is 4.99 Å². The standard InChI is InChI=1S/C21H17NO/c1-14-7-6-8-15(21(14)23)13-22-20-18-11-4-2-9-16(18)17-10-3-5-12-19(17)20/h2-13,20,23H,1H3. The van der Waals surface area contributed by atoms with Gasteiger partial charge in [0, 0.05) is 11.8 Å². The van der Waals surface area contributed by atoms with Crippen molar-refractivity contribution >= 4 is 6.21 Å². The van der Waals surface area contributed by atoms with E-state index in [1.807, 2.05) is 25.1 Å². The van der Waals surface area contributed by atoms with Gasteiger partial charge in [-0.15, -0.1) is 0 Å². The Labute approximate surface area is 135 Å². The van der Waals surface area contributed by atoms with E-state index in [-0.39, 0.29) is 6.04 Å². The van der Waals surface area contributed by atoms with E-state index in [1.165, 1.54) is 22.3 Å². The Kier molecular flexibility index (Phi) is 3.23. The summed E-state index contributed by atoms with van der Waals surface area (Å²) in [5.74, 6) is 0.302. The third-order valence-corrected chi connectivity index (χ3v) is 4.43. The van der Waals surface area contributed by atoms with Gasteiger partial charge >= 0.3 is 0 Å². The molecule has 23 heavy (non-hydrogen) atoms. The van der Waals surface area contributed by atoms with Crippen LogP contribution in [0.15, 0.2) is 71.7 Å². The molecule has 1 aliphatic carbocycles. The maximum atomic E-state index is 10.2. The van der Waals surface area contributed by atoms with Gasteiger partial charge in [0.2, 0.25) is 0 Å². The molecule has 1 aliphatic rings. The fourth-order valence-corrected chi connectivity index (χ4v) is 3.23. The number of hydrogen-bond acceptors (Lipinski definition) is 2. The predicted octanol–water partition coefficient (Wildman–Crippen LogP) is 4.89. The van der Waals surface area contributed by atoms with Gasteiger partial charge in [-0.05, 0) is 40.8 Å². The van der Waals surface area contributed by atoms with Crippen molar-refractivity contribution in [3.63, 3.8) is 0 Å². The minimum atomic E-state index is -0.0117. The van der Waals surface area contributed by atoms with Crippen molar-refractivity contribution in [2.45, 2.75) is 13.0 Å². The van der Waals surface area contributed by atoms with E-state index in [9.17, 15) is 5.11 Å². The molecule has 0 saturated heterocycles. The zero-order chi connectivity index (χ0) is 15.8. The number of hydrogen-bond donors (Lipinski definition) is 1. The number of nitrogens with zero attached hydrogens (tertiary/aromatic N) is 1. The number of aryl methyl sites for hydroxylation is 1. The van der Waals surface area contributed by atoms with Crippen LogP contribution in [0.1, 0.15) is 28.3 Å². The monoisotopic (exact) mass is 299 g/mol. The second kappa shape index (κ2) is 5.40. The smallest absolute Gasteiger partial charge is 0.127 e. The lowest BCUT2D eigenvalue weighted by molar-refractivity contribution is 0.470. The first-order chi connectivity index (χ1) is 11.3. The second-order valence-corrected chi connectivity index (χ2v) is 5.87. The molecule has 4 rings (SSSR count). The number of aliphatic imine (C=N–C) groups is 1. The highest BCUT2D eigenvalue weighted by molar-refractivity contribution is 5.86. The molecule has 2 nitrogen and oxygen atoms in total. The van der Waals surface area contributed by atoms with Crippen LogP contribution in [-0.2, 0) is 0 Å². The summed E-state index contributed by atoms with van der Waals surface area (Å²) < 4.78 is 0. The van der Waals surface area contributed by atoms with E-state index in [1.54, 1.807) is 6.21 Å². The average Bonchev–Trinajstić information content (AvgIpc) is 2.91. The van der Waals surface area contributed by atoms with Crippen LogP contribution in [-0.4, -0.2) is 11.3 Å². The van der Waals surface area contributed by atoms with E-state index in [0.717, 1.165) is 11.1 Å². The first-order valence-electron chi connectivity index (χ1n) is 7.75. The van der Waals surface area contributed by atoms with E-state index in [0.29, 0.717) is 5.75 Å². The Hall–Kier alpha value is -2.87. The largest absolute Gasteiger partial charge is 0.507 e. The summed E-state index contributed by atoms with van der Waals surface area (Å²) in [5.41, 5.74) is 6.56. The zero-order valence-corrected chi connectivity index (χ0v) is 12.9. The molecule has 0 aromatic heterocycles. The van der Waals surface area contributed by atoms with Gasteiger partial charge in [-0.3, -0.25) is 4.99 Å². The van der Waals surface area contributed by atoms with E-state index >= 15 is 0 Å². The predicted molar refractivity (Wildman–Crippen MR) is 94.2 cm³/mol. The highest BCUT2D eigenvalue weighted by Gasteiger charge is 2.26. The van der Waals surface area contributed by atoms with Crippen molar-refractivity contribution in [3.05, 3.63) is 89.0 Å². The third-order valence-electron chi connectivity index (χ3n) is 4.43. The van der Waals surface area contributed by atoms with Crippen LogP contribution in [0.4, 0.5) is 0 Å². The van der Waals surface area contributed by atoms with E-state index < -0.39 is 0 Å². The fraction of sp³-hybridized carbons (Fsp3) is 0.0952. The zero-order valence-electron chi connectivity index (χ0n) is 12.9. The van der Waals surface area contributed by atoms with Crippen LogP contribution in [0.3, 0.4) is 0 Å². The first kappa shape index (κ1) is 13.8. The maximum absolute atomic E-state index is 10.2. The lowest BCUT2D eigenvalue weighted by Crippen LogP contribution is -1.94. The number of aromatic hydroxyl groups is 1. The van der Waals surface area contributed by atoms with Crippen LogP contribution in [0, 0.1) is 6.92 Å². The molecule has 112 valence electrons. The molecule has 0 saturated carbocycles. The molecular formula is C21H17NO. The normalized spacial score (nSPS) is 13.3. The Morgan fingerprint density at radius 3 is 2.09 bits per heavy atom. The lowest BCUT2D eigenvalue weighted by Gasteiger charge is -2.08. The van der Waals surface area contributed by atoms with Crippen LogP contribution in [0.5, 0.6) is 5.75 Å². The minimum absolute atomic E-state index is 0.0117. The molecule has 0 amide bonds. The van der Waals surface area contributed by atoms with Gasteiger partial charge < -0.3 is 5.11 Å². The number of para-hydroxylation sites is 1. The topological polar surface area (TPSA) is 32.6 Å². The van der Waals surface area contributed by atoms with Crippen molar-refractivity contribution < 1.29 is 5.11 Å². The quantitative estimate of drug-likeness (QED) is 0.671. The molecule has 0 fully saturated rings. The number of rotatable bonds is 2. The fourth-order valence-electron chi connectivity index (χ4n) is 3.23. The van der Waals surface area contributed by atoms with Crippen LogP contribution >= 0.6 is 0 Å². The van der Waals surface area contributed by atoms with Crippen LogP contribution in [0.2, 0.25) is 0 Å². The van der Waals surface area contributed by atoms with Crippen LogP contribution < -0.4 is 0 Å². The van der Waals surface area contributed by atoms with Gasteiger partial charge in [-0.2, -0.15) is 0 Å². The SMILES string of the molecule is Cc1cccc(C=NC2c3ccccc3-c3ccccc32)c1O. The summed E-state index contributed by atoms with van der Waals surface area (Å²) in [4.78, 5) is 4.79. The van der Waals surface area contributed by atoms with Crippen molar-refractivity contribution in [1.82, 2.24) is 0 Å². The van der Waals surface area contributed by atoms with Gasteiger partial charge in [0.15, 0.2) is 0 Å². The van der Waals surface area contributed by atoms with E-state index in [4.69, 9.17) is 4.99 Å². The molecule has 0 spiro atoms. The lowest BCUT2D eigenvalue weighted by atomic mass is 10.1. The Bertz CT molecular complexity index is 866. The average molecular weight is 299 g/mol. The third kappa shape index (κ3) is 2.23. The summed E-state index contributed by atoms with van der Waals surface area (Å²) in [6, 6.07) is 22.5. The number of phenolic OH excluding ortho intramolecular Hbond substituents is 1. The maximum Gasteiger partial charge on any atom is 0.127 e. The van der Waals surface area contributed by atoms with Gasteiger partial charge in [0.1, 0.15) is 11.8 Å². The highest BCUT2D eigenvalue weighted by atomic mass is 16.3. The molecule has 0 radical (unpaired) electrons. The summed E-state index contributed by atoms with van der Waals surface area (Å²) in [6.07, 6.45) is 1.78. The Morgan fingerprint density at radius 2 is 1.43 bits per heavy atom. The van der Waals surface area contributed by atoms with Gasteiger partial charge in [-0.1, -0.05) is 60.7 Å². The Morgan fingerprint density at radius 1 is 0.826 bits per heavy atom. The van der Waals surface area contributed by atoms with Crippen molar-refractivity contribution in [1.29, 1.82) is 0 Å². The first-order valence-corrected chi connectivity index (χ1v) is 7.75. The minimum Gasteiger partial charge on any atom is -0.507 e. The molecule has 0 bridgehead atoms. The summed E-state index contributed by atoms with van der Waals surface area (Å²) >= 11 is 0. The summed E-state index contributed by atoms with van der Waals surface area (Å²) in [6.45, 7) is 1.90. The van der Waals surface area contributed by atoms with Crippen molar-refractivity contribution in [3.8, 4) is 16.9 Å². The second-order valence-electron chi connectivity index (χ2n) is 5.87.